The van der Waals surface area contributed by atoms with E-state index in [1.165, 1.54) is 0 Å². The standard InChI is InChI=1S/C21H25N5O/c1-25-5-3-15(4-6-25)7-20(27)10-19-9-16-8-17(11-23-21(16)13-22-19)18-12-24-26(2)14-18/h8-9,11-15H,3-7,10H2,1-2H3. The molecular formula is C21H25N5O. The van der Waals surface area contributed by atoms with Crippen molar-refractivity contribution in [1.29, 1.82) is 0 Å². The Hall–Kier alpha value is -2.60. The number of ketones is 1. The molecule has 0 atom stereocenters. The number of hydrogen-bond acceptors (Lipinski definition) is 5. The lowest BCUT2D eigenvalue weighted by Gasteiger charge is -2.28. The molecule has 0 radical (unpaired) electrons. The molecular weight excluding hydrogens is 338 g/mol. The van der Waals surface area contributed by atoms with Crippen LogP contribution in [0.2, 0.25) is 0 Å². The Labute approximate surface area is 159 Å². The van der Waals surface area contributed by atoms with Gasteiger partial charge in [-0.1, -0.05) is 0 Å². The molecule has 0 unspecified atom stereocenters. The van der Waals surface area contributed by atoms with Gasteiger partial charge >= 0.3 is 0 Å². The average Bonchev–Trinajstić information content (AvgIpc) is 3.09. The van der Waals surface area contributed by atoms with Crippen LogP contribution < -0.4 is 0 Å². The fourth-order valence-electron chi connectivity index (χ4n) is 3.76. The molecule has 1 aliphatic heterocycles. The van der Waals surface area contributed by atoms with Crippen LogP contribution in [0.3, 0.4) is 0 Å². The number of Topliss-reactive ketones (excluding diaryl/α,β-unsaturated/α-hetero) is 1. The van der Waals surface area contributed by atoms with Crippen molar-refractivity contribution in [1.82, 2.24) is 24.6 Å². The van der Waals surface area contributed by atoms with Gasteiger partial charge in [-0.25, -0.2) is 0 Å². The van der Waals surface area contributed by atoms with E-state index in [0.717, 1.165) is 53.7 Å². The Morgan fingerprint density at radius 1 is 1.07 bits per heavy atom. The molecule has 3 aromatic rings. The fourth-order valence-corrected chi connectivity index (χ4v) is 3.76. The molecule has 0 bridgehead atoms. The molecule has 0 N–H and O–H groups in total. The van der Waals surface area contributed by atoms with Gasteiger partial charge in [0.15, 0.2) is 0 Å². The van der Waals surface area contributed by atoms with Crippen molar-refractivity contribution in [2.75, 3.05) is 20.1 Å². The van der Waals surface area contributed by atoms with Gasteiger partial charge in [0.25, 0.3) is 0 Å². The van der Waals surface area contributed by atoms with Crippen LogP contribution in [0.5, 0.6) is 0 Å². The number of pyridine rings is 2. The SMILES string of the molecule is CN1CCC(CC(=O)Cc2cc3cc(-c4cnn(C)c4)cnc3cn2)CC1. The van der Waals surface area contributed by atoms with Crippen molar-refractivity contribution in [2.24, 2.45) is 13.0 Å². The summed E-state index contributed by atoms with van der Waals surface area (Å²) in [5.74, 6) is 0.806. The Morgan fingerprint density at radius 2 is 1.89 bits per heavy atom. The van der Waals surface area contributed by atoms with E-state index in [-0.39, 0.29) is 5.78 Å². The van der Waals surface area contributed by atoms with Crippen LogP contribution in [0.1, 0.15) is 25.0 Å². The van der Waals surface area contributed by atoms with E-state index >= 15 is 0 Å². The number of aromatic nitrogens is 4. The minimum Gasteiger partial charge on any atom is -0.306 e. The van der Waals surface area contributed by atoms with Crippen LogP contribution >= 0.6 is 0 Å². The van der Waals surface area contributed by atoms with Gasteiger partial charge in [-0.3, -0.25) is 19.4 Å². The van der Waals surface area contributed by atoms with Gasteiger partial charge in [-0.05, 0) is 51.0 Å². The predicted molar refractivity (Wildman–Crippen MR) is 105 cm³/mol. The first-order valence-corrected chi connectivity index (χ1v) is 9.51. The topological polar surface area (TPSA) is 63.9 Å². The lowest BCUT2D eigenvalue weighted by molar-refractivity contribution is -0.119. The number of carbonyl (C=O) groups excluding carboxylic acids is 1. The van der Waals surface area contributed by atoms with Crippen LogP contribution in [-0.4, -0.2) is 50.6 Å². The van der Waals surface area contributed by atoms with Gasteiger partial charge in [-0.2, -0.15) is 5.10 Å². The van der Waals surface area contributed by atoms with Crippen molar-refractivity contribution in [2.45, 2.75) is 25.7 Å². The minimum absolute atomic E-state index is 0.285. The van der Waals surface area contributed by atoms with Crippen molar-refractivity contribution < 1.29 is 4.79 Å². The number of aryl methyl sites for hydroxylation is 1. The van der Waals surface area contributed by atoms with Crippen LogP contribution in [0.25, 0.3) is 22.0 Å². The Balaban J connectivity index is 1.48. The monoisotopic (exact) mass is 363 g/mol. The first-order chi connectivity index (χ1) is 13.1. The summed E-state index contributed by atoms with van der Waals surface area (Å²) in [5.41, 5.74) is 3.72. The summed E-state index contributed by atoms with van der Waals surface area (Å²) in [4.78, 5) is 23.8. The van der Waals surface area contributed by atoms with E-state index in [1.807, 2.05) is 31.7 Å². The normalized spacial score (nSPS) is 16.1. The molecule has 6 nitrogen and oxygen atoms in total. The maximum Gasteiger partial charge on any atom is 0.139 e. The first kappa shape index (κ1) is 17.8. The highest BCUT2D eigenvalue weighted by molar-refractivity contribution is 5.85. The summed E-state index contributed by atoms with van der Waals surface area (Å²) in [6.07, 6.45) is 10.7. The van der Waals surface area contributed by atoms with Crippen molar-refractivity contribution in [3.8, 4) is 11.1 Å². The van der Waals surface area contributed by atoms with Crippen LogP contribution in [0, 0.1) is 5.92 Å². The lowest BCUT2D eigenvalue weighted by atomic mass is 9.91. The molecule has 1 saturated heterocycles. The van der Waals surface area contributed by atoms with Gasteiger partial charge < -0.3 is 4.90 Å². The third-order valence-electron chi connectivity index (χ3n) is 5.40. The third kappa shape index (κ3) is 4.22. The van der Waals surface area contributed by atoms with Crippen molar-refractivity contribution in [3.63, 3.8) is 0 Å². The van der Waals surface area contributed by atoms with Gasteiger partial charge in [0.05, 0.1) is 17.9 Å². The zero-order chi connectivity index (χ0) is 18.8. The largest absolute Gasteiger partial charge is 0.306 e. The number of nitrogens with zero attached hydrogens (tertiary/aromatic N) is 5. The Bertz CT molecular complexity index is 956. The molecule has 0 spiro atoms. The molecule has 1 aliphatic rings. The predicted octanol–water partition coefficient (Wildman–Crippen LogP) is 2.87. The van der Waals surface area contributed by atoms with Crippen LogP contribution in [0.4, 0.5) is 0 Å². The maximum atomic E-state index is 12.5. The minimum atomic E-state index is 0.285. The van der Waals surface area contributed by atoms with E-state index < -0.39 is 0 Å². The number of fused-ring (bicyclic) bond motifs is 1. The van der Waals surface area contributed by atoms with Gasteiger partial charge in [-0.15, -0.1) is 0 Å². The molecule has 0 saturated carbocycles. The molecule has 6 heteroatoms. The fraction of sp³-hybridized carbons (Fsp3) is 0.429. The van der Waals surface area contributed by atoms with Gasteiger partial charge in [0, 0.05) is 54.5 Å². The second-order valence-corrected chi connectivity index (χ2v) is 7.66. The quantitative estimate of drug-likeness (QED) is 0.697. The number of carbonyl (C=O) groups is 1. The number of hydrogen-bond donors (Lipinski definition) is 0. The van der Waals surface area contributed by atoms with Gasteiger partial charge in [0.2, 0.25) is 0 Å². The number of rotatable bonds is 5. The zero-order valence-corrected chi connectivity index (χ0v) is 15.9. The summed E-state index contributed by atoms with van der Waals surface area (Å²) in [6, 6.07) is 4.08. The second kappa shape index (κ2) is 7.56. The number of piperidine rings is 1. The average molecular weight is 363 g/mol. The maximum absolute atomic E-state index is 12.5. The molecule has 140 valence electrons. The highest BCUT2D eigenvalue weighted by Crippen LogP contribution is 2.23. The third-order valence-corrected chi connectivity index (χ3v) is 5.40. The van der Waals surface area contributed by atoms with E-state index in [4.69, 9.17) is 0 Å². The van der Waals surface area contributed by atoms with E-state index in [1.54, 1.807) is 10.9 Å². The lowest BCUT2D eigenvalue weighted by Crippen LogP contribution is -2.31. The van der Waals surface area contributed by atoms with E-state index in [9.17, 15) is 4.79 Å². The summed E-state index contributed by atoms with van der Waals surface area (Å²) in [5, 5.41) is 5.23. The van der Waals surface area contributed by atoms with Crippen molar-refractivity contribution >= 4 is 16.7 Å². The summed E-state index contributed by atoms with van der Waals surface area (Å²) < 4.78 is 1.78. The summed E-state index contributed by atoms with van der Waals surface area (Å²) >= 11 is 0. The Kier molecular flexibility index (Phi) is 4.99. The molecule has 3 aromatic heterocycles. The molecule has 0 amide bonds. The van der Waals surface area contributed by atoms with Crippen LogP contribution in [-0.2, 0) is 18.3 Å². The van der Waals surface area contributed by atoms with E-state index in [2.05, 4.69) is 33.1 Å². The zero-order valence-electron chi connectivity index (χ0n) is 15.9. The molecule has 4 rings (SSSR count). The van der Waals surface area contributed by atoms with Crippen molar-refractivity contribution in [3.05, 3.63) is 42.6 Å². The molecule has 27 heavy (non-hydrogen) atoms. The highest BCUT2D eigenvalue weighted by atomic mass is 16.1. The first-order valence-electron chi connectivity index (χ1n) is 9.51. The summed E-state index contributed by atoms with van der Waals surface area (Å²) in [6.45, 7) is 2.18. The van der Waals surface area contributed by atoms with Gasteiger partial charge in [0.1, 0.15) is 5.78 Å². The molecule has 0 aromatic carbocycles. The highest BCUT2D eigenvalue weighted by Gasteiger charge is 2.20. The smallest absolute Gasteiger partial charge is 0.139 e. The molecule has 4 heterocycles. The van der Waals surface area contributed by atoms with E-state index in [0.29, 0.717) is 18.8 Å². The second-order valence-electron chi connectivity index (χ2n) is 7.66. The Morgan fingerprint density at radius 3 is 2.63 bits per heavy atom. The number of likely N-dealkylation sites (tertiary alicyclic amines) is 1. The molecule has 0 aliphatic carbocycles. The molecule has 1 fully saturated rings. The summed E-state index contributed by atoms with van der Waals surface area (Å²) in [7, 11) is 4.04. The van der Waals surface area contributed by atoms with Crippen LogP contribution in [0.15, 0.2) is 36.9 Å².